The minimum atomic E-state index is 0.456. The summed E-state index contributed by atoms with van der Waals surface area (Å²) < 4.78 is 4.59. The van der Waals surface area contributed by atoms with Gasteiger partial charge in [0, 0.05) is 44.0 Å². The van der Waals surface area contributed by atoms with Crippen LogP contribution in [0.4, 0.5) is 0 Å². The molecule has 0 aliphatic heterocycles. The zero-order valence-electron chi connectivity index (χ0n) is 35.5. The van der Waals surface area contributed by atoms with Gasteiger partial charge in [-0.05, 0) is 98.6 Å². The van der Waals surface area contributed by atoms with Gasteiger partial charge in [0.2, 0.25) is 0 Å². The van der Waals surface area contributed by atoms with Crippen molar-refractivity contribution in [2.45, 2.75) is 0 Å². The highest BCUT2D eigenvalue weighted by atomic mass is 15.0. The molecule has 0 fully saturated rings. The fourth-order valence-electron chi connectivity index (χ4n) is 9.97. The predicted octanol–water partition coefficient (Wildman–Crippen LogP) is 12.6. The number of para-hydroxylation sites is 2. The molecule has 296 valence electrons. The summed E-state index contributed by atoms with van der Waals surface area (Å²) in [4.78, 5) is 0. The van der Waals surface area contributed by atoms with Gasteiger partial charge in [0.15, 0.2) is 0 Å². The molecule has 0 aliphatic carbocycles. The van der Waals surface area contributed by atoms with Crippen LogP contribution in [-0.2, 0) is 0 Å². The summed E-state index contributed by atoms with van der Waals surface area (Å²) in [6.45, 7) is 0. The van der Waals surface area contributed by atoms with Gasteiger partial charge in [0.05, 0.1) is 16.6 Å². The van der Waals surface area contributed by atoms with Gasteiger partial charge in [-0.3, -0.25) is 0 Å². The summed E-state index contributed by atoms with van der Waals surface area (Å²) in [6, 6.07) is 79.3. The molecule has 0 saturated carbocycles. The lowest BCUT2D eigenvalue weighted by molar-refractivity contribution is 1.18. The molecule has 0 aliphatic rings. The van der Waals surface area contributed by atoms with Crippen LogP contribution in [0, 0.1) is 0 Å². The minimum Gasteiger partial charge on any atom is -0.310 e. The van der Waals surface area contributed by atoms with E-state index in [1.165, 1.54) is 16.7 Å². The normalized spacial score (nSPS) is 11.6. The van der Waals surface area contributed by atoms with E-state index < -0.39 is 0 Å². The van der Waals surface area contributed by atoms with Crippen molar-refractivity contribution in [1.29, 1.82) is 0 Å². The number of fused-ring (bicyclic) bond motifs is 6. The monoisotopic (exact) mass is 818 g/mol. The van der Waals surface area contributed by atoms with Crippen LogP contribution in [0.2, 0.25) is 0 Å². The molecule has 5 heteroatoms. The fraction of sp³-hybridized carbons (Fsp3) is 0. The average molecular weight is 818 g/mol. The summed E-state index contributed by atoms with van der Waals surface area (Å²) in [5.41, 5.74) is 18.5. The molecule has 2 nitrogen and oxygen atoms in total. The molecule has 0 N–H and O–H groups in total. The lowest BCUT2D eigenvalue weighted by Gasteiger charge is -2.19. The summed E-state index contributed by atoms with van der Waals surface area (Å²) in [5, 5.41) is 4.11. The van der Waals surface area contributed by atoms with E-state index in [0.717, 1.165) is 93.9 Å². The maximum Gasteiger partial charge on any atom is 0.115 e. The number of aromatic nitrogens is 2. The average Bonchev–Trinajstić information content (AvgIpc) is 3.90. The first kappa shape index (κ1) is 38.7. The first-order valence-electron chi connectivity index (χ1n) is 22.0. The van der Waals surface area contributed by atoms with Crippen molar-refractivity contribution in [2.24, 2.45) is 0 Å². The molecule has 0 unspecified atom stereocenters. The third kappa shape index (κ3) is 6.38. The van der Waals surface area contributed by atoms with Gasteiger partial charge in [0.1, 0.15) is 23.5 Å². The molecule has 0 bridgehead atoms. The molecule has 10 aromatic carbocycles. The van der Waals surface area contributed by atoms with Crippen LogP contribution in [0.3, 0.4) is 0 Å². The summed E-state index contributed by atoms with van der Waals surface area (Å²) in [5.74, 6) is 0. The van der Waals surface area contributed by atoms with Crippen LogP contribution in [0.25, 0.3) is 111 Å². The highest BCUT2D eigenvalue weighted by Gasteiger charge is 2.23. The van der Waals surface area contributed by atoms with Crippen molar-refractivity contribution in [3.05, 3.63) is 224 Å². The molecule has 12 rings (SSSR count). The second-order valence-corrected chi connectivity index (χ2v) is 16.7. The molecular weight excluding hydrogens is 781 g/mol. The first-order chi connectivity index (χ1) is 32.0. The zero-order chi connectivity index (χ0) is 43.6. The maximum absolute atomic E-state index is 7.40. The molecule has 0 atom stereocenters. The van der Waals surface area contributed by atoms with E-state index >= 15 is 0 Å². The molecule has 2 aromatic heterocycles. The topological polar surface area (TPSA) is 9.86 Å². The van der Waals surface area contributed by atoms with E-state index in [4.69, 9.17) is 23.5 Å². The standard InChI is InChI=1S/C60H37B3N2/c61-56-54(57(62)58(63)60-55(56)50-22-10-11-25-52(50)65(60)47-33-28-42(29-34-47)39-16-6-2-7-17-39)45-30-35-53-51(37-45)49-24-13-23-48(44-21-12-20-43(36-44)40-18-8-3-9-19-40)59(49)64(53)46-31-26-41(27-32-46)38-14-4-1-5-15-38/h1-37H. The van der Waals surface area contributed by atoms with Crippen LogP contribution in [0.1, 0.15) is 0 Å². The van der Waals surface area contributed by atoms with E-state index in [0.29, 0.717) is 16.4 Å². The Labute approximate surface area is 382 Å². The van der Waals surface area contributed by atoms with Crippen molar-refractivity contribution >= 4 is 83.5 Å². The second kappa shape index (κ2) is 15.7. The Morgan fingerprint density at radius 1 is 0.277 bits per heavy atom. The Kier molecular flexibility index (Phi) is 9.31. The Morgan fingerprint density at radius 2 is 0.738 bits per heavy atom. The summed E-state index contributed by atoms with van der Waals surface area (Å²) in [6.07, 6.45) is 0. The number of hydrogen-bond donors (Lipinski definition) is 0. The SMILES string of the molecule is [B]c1c(-c2ccc3c(c2)c2cccc(-c4cccc(-c5ccccc5)c4)c2n3-c2ccc(-c3ccccc3)cc2)c([B])c2c3ccccc3n(-c3ccc(-c4ccccc4)cc3)c2c1[B]. The third-order valence-electron chi connectivity index (χ3n) is 13.0. The zero-order valence-corrected chi connectivity index (χ0v) is 35.5. The van der Waals surface area contributed by atoms with Gasteiger partial charge in [-0.15, -0.1) is 0 Å². The first-order valence-corrected chi connectivity index (χ1v) is 22.0. The van der Waals surface area contributed by atoms with Gasteiger partial charge in [-0.2, -0.15) is 0 Å². The quantitative estimate of drug-likeness (QED) is 0.142. The van der Waals surface area contributed by atoms with Crippen molar-refractivity contribution < 1.29 is 0 Å². The minimum absolute atomic E-state index is 0.456. The van der Waals surface area contributed by atoms with Crippen LogP contribution in [0.15, 0.2) is 224 Å². The molecular formula is C60H37B3N2. The molecule has 0 amide bonds. The largest absolute Gasteiger partial charge is 0.310 e. The number of hydrogen-bond acceptors (Lipinski definition) is 0. The van der Waals surface area contributed by atoms with E-state index in [9.17, 15) is 0 Å². The maximum atomic E-state index is 7.40. The highest BCUT2D eigenvalue weighted by molar-refractivity contribution is 6.60. The van der Waals surface area contributed by atoms with Gasteiger partial charge >= 0.3 is 0 Å². The van der Waals surface area contributed by atoms with Crippen molar-refractivity contribution in [1.82, 2.24) is 9.13 Å². The molecule has 65 heavy (non-hydrogen) atoms. The lowest BCUT2D eigenvalue weighted by atomic mass is 9.69. The van der Waals surface area contributed by atoms with Gasteiger partial charge in [0.25, 0.3) is 0 Å². The third-order valence-corrected chi connectivity index (χ3v) is 13.0. The smallest absolute Gasteiger partial charge is 0.115 e. The number of nitrogens with zero attached hydrogens (tertiary/aromatic N) is 2. The highest BCUT2D eigenvalue weighted by Crippen LogP contribution is 2.41. The van der Waals surface area contributed by atoms with Crippen LogP contribution in [0.5, 0.6) is 0 Å². The molecule has 12 aromatic rings. The Bertz CT molecular complexity index is 3760. The van der Waals surface area contributed by atoms with E-state index in [1.54, 1.807) is 0 Å². The lowest BCUT2D eigenvalue weighted by Crippen LogP contribution is -2.35. The van der Waals surface area contributed by atoms with Crippen LogP contribution < -0.4 is 16.4 Å². The fourth-order valence-corrected chi connectivity index (χ4v) is 9.97. The van der Waals surface area contributed by atoms with E-state index in [-0.39, 0.29) is 0 Å². The van der Waals surface area contributed by atoms with Crippen molar-refractivity contribution in [3.63, 3.8) is 0 Å². The molecule has 0 saturated heterocycles. The van der Waals surface area contributed by atoms with Crippen LogP contribution >= 0.6 is 0 Å². The number of benzene rings is 10. The summed E-state index contributed by atoms with van der Waals surface area (Å²) in [7, 11) is 21.8. The second-order valence-electron chi connectivity index (χ2n) is 16.7. The van der Waals surface area contributed by atoms with Crippen LogP contribution in [-0.4, -0.2) is 32.7 Å². The molecule has 0 spiro atoms. The number of rotatable bonds is 7. The predicted molar refractivity (Wildman–Crippen MR) is 278 cm³/mol. The van der Waals surface area contributed by atoms with E-state index in [2.05, 4.69) is 228 Å². The van der Waals surface area contributed by atoms with Gasteiger partial charge < -0.3 is 9.13 Å². The van der Waals surface area contributed by atoms with E-state index in [1.807, 2.05) is 6.07 Å². The van der Waals surface area contributed by atoms with Gasteiger partial charge in [-0.1, -0.05) is 192 Å². The molecule has 6 radical (unpaired) electrons. The Morgan fingerprint density at radius 3 is 1.37 bits per heavy atom. The Balaban J connectivity index is 1.07. The van der Waals surface area contributed by atoms with Gasteiger partial charge in [-0.25, -0.2) is 0 Å². The Hall–Kier alpha value is -8.01. The van der Waals surface area contributed by atoms with Crippen molar-refractivity contribution in [2.75, 3.05) is 0 Å². The molecule has 2 heterocycles. The van der Waals surface area contributed by atoms with Crippen molar-refractivity contribution in [3.8, 4) is 67.0 Å². The summed E-state index contributed by atoms with van der Waals surface area (Å²) >= 11 is 0.